The van der Waals surface area contributed by atoms with Crippen molar-refractivity contribution in [2.24, 2.45) is 0 Å². The average Bonchev–Trinajstić information content (AvgIpc) is 3.15. The van der Waals surface area contributed by atoms with Gasteiger partial charge in [0.05, 0.1) is 17.5 Å². The van der Waals surface area contributed by atoms with Crippen LogP contribution in [-0.2, 0) is 30.2 Å². The number of carbonyl (C=O) groups is 3. The van der Waals surface area contributed by atoms with Crippen LogP contribution in [0.2, 0.25) is 0 Å². The summed E-state index contributed by atoms with van der Waals surface area (Å²) in [7, 11) is 0. The molecule has 2 aromatic carbocycles. The molecule has 0 bridgehead atoms. The Morgan fingerprint density at radius 3 is 2.15 bits per heavy atom. The predicted molar refractivity (Wildman–Crippen MR) is 141 cm³/mol. The monoisotopic (exact) mass is 537 g/mol. The topological polar surface area (TPSA) is 155 Å². The van der Waals surface area contributed by atoms with Gasteiger partial charge in [-0.1, -0.05) is 12.1 Å². The third-order valence-corrected chi connectivity index (χ3v) is 5.35. The second-order valence-electron chi connectivity index (χ2n) is 8.91. The molecule has 0 spiro atoms. The van der Waals surface area contributed by atoms with E-state index < -0.39 is 18.4 Å². The Bertz CT molecular complexity index is 1410. The van der Waals surface area contributed by atoms with Gasteiger partial charge in [0.2, 0.25) is 6.29 Å². The van der Waals surface area contributed by atoms with Crippen LogP contribution in [0.25, 0.3) is 11.4 Å². The lowest BCUT2D eigenvalue weighted by Gasteiger charge is -2.13. The van der Waals surface area contributed by atoms with Gasteiger partial charge in [0.15, 0.2) is 0 Å². The molecule has 1 aromatic heterocycles. The van der Waals surface area contributed by atoms with Gasteiger partial charge >= 0.3 is 23.7 Å². The van der Waals surface area contributed by atoms with E-state index in [1.165, 1.54) is 23.1 Å². The number of carbonyl (C=O) groups excluding carboxylic acids is 3. The molecule has 1 amide bonds. The Morgan fingerprint density at radius 1 is 0.949 bits per heavy atom. The Balaban J connectivity index is 1.69. The van der Waals surface area contributed by atoms with Gasteiger partial charge in [0, 0.05) is 25.8 Å². The lowest BCUT2D eigenvalue weighted by atomic mass is 10.1. The maximum Gasteiger partial charge on any atom is 0.415 e. The van der Waals surface area contributed by atoms with Crippen LogP contribution >= 0.6 is 0 Å². The summed E-state index contributed by atoms with van der Waals surface area (Å²) in [6.45, 7) is 7.88. The minimum atomic E-state index is -1.10. The van der Waals surface area contributed by atoms with Crippen LogP contribution in [0.3, 0.4) is 0 Å². The average molecular weight is 538 g/mol. The molecule has 1 atom stereocenters. The van der Waals surface area contributed by atoms with E-state index in [4.69, 9.17) is 19.6 Å². The van der Waals surface area contributed by atoms with Crippen LogP contribution in [-0.4, -0.2) is 50.6 Å². The molecule has 206 valence electrons. The van der Waals surface area contributed by atoms with Crippen LogP contribution in [0.5, 0.6) is 0 Å². The highest BCUT2D eigenvalue weighted by Gasteiger charge is 2.16. The van der Waals surface area contributed by atoms with E-state index in [0.29, 0.717) is 29.2 Å². The number of esters is 2. The third-order valence-electron chi connectivity index (χ3n) is 5.35. The maximum atomic E-state index is 13.2. The lowest BCUT2D eigenvalue weighted by Crippen LogP contribution is -2.34. The first-order valence-electron chi connectivity index (χ1n) is 12.3. The molecule has 0 radical (unpaired) electrons. The molecule has 0 fully saturated rings. The minimum absolute atomic E-state index is 0.154. The van der Waals surface area contributed by atoms with Crippen molar-refractivity contribution in [3.8, 4) is 11.4 Å². The summed E-state index contributed by atoms with van der Waals surface area (Å²) in [6, 6.07) is 13.6. The number of ether oxygens (including phenoxy) is 3. The Labute approximate surface area is 225 Å². The second-order valence-corrected chi connectivity index (χ2v) is 8.91. The van der Waals surface area contributed by atoms with Crippen LogP contribution < -0.4 is 11.0 Å². The van der Waals surface area contributed by atoms with Gasteiger partial charge in [0.1, 0.15) is 11.7 Å². The van der Waals surface area contributed by atoms with E-state index in [2.05, 4.69) is 10.4 Å². The number of hydrogen-bond acceptors (Lipinski definition) is 9. The van der Waals surface area contributed by atoms with Gasteiger partial charge in [-0.2, -0.15) is 4.68 Å². The van der Waals surface area contributed by atoms with Crippen molar-refractivity contribution in [3.63, 3.8) is 0 Å². The summed E-state index contributed by atoms with van der Waals surface area (Å²) in [5.41, 5.74) is 2.00. The zero-order valence-corrected chi connectivity index (χ0v) is 22.4. The summed E-state index contributed by atoms with van der Waals surface area (Å²) in [5.74, 6) is -0.635. The van der Waals surface area contributed by atoms with Gasteiger partial charge in [-0.15, -0.1) is 5.10 Å². The maximum absolute atomic E-state index is 13.2. The Kier molecular flexibility index (Phi) is 9.37. The van der Waals surface area contributed by atoms with Crippen molar-refractivity contribution < 1.29 is 28.6 Å². The predicted octanol–water partition coefficient (Wildman–Crippen LogP) is 3.18. The molecule has 1 heterocycles. The fraction of sp³-hybridized carbons (Fsp3) is 0.333. The van der Waals surface area contributed by atoms with Crippen LogP contribution in [0.15, 0.2) is 53.3 Å². The number of benzene rings is 2. The Hall–Kier alpha value is -4.74. The number of nitrogens with zero attached hydrogens (tertiary/aromatic N) is 3. The van der Waals surface area contributed by atoms with Gasteiger partial charge in [0.25, 0.3) is 0 Å². The minimum Gasteiger partial charge on any atom is -0.463 e. The molecule has 3 aromatic rings. The third kappa shape index (κ3) is 7.87. The summed E-state index contributed by atoms with van der Waals surface area (Å²) in [6.07, 6.45) is -1.42. The largest absolute Gasteiger partial charge is 0.463 e. The molecule has 3 rings (SSSR count). The van der Waals surface area contributed by atoms with Crippen LogP contribution in [0, 0.1) is 12.3 Å². The number of nitrogens with one attached hydrogen (secondary N) is 2. The van der Waals surface area contributed by atoms with Gasteiger partial charge in [-0.3, -0.25) is 20.3 Å². The molecule has 39 heavy (non-hydrogen) atoms. The number of rotatable bonds is 9. The van der Waals surface area contributed by atoms with E-state index in [1.54, 1.807) is 57.2 Å². The van der Waals surface area contributed by atoms with Gasteiger partial charge < -0.3 is 14.2 Å². The quantitative estimate of drug-likeness (QED) is 0.183. The highest BCUT2D eigenvalue weighted by Crippen LogP contribution is 2.14. The summed E-state index contributed by atoms with van der Waals surface area (Å²) in [5, 5.41) is 14.7. The van der Waals surface area contributed by atoms with Crippen molar-refractivity contribution in [3.05, 3.63) is 76.0 Å². The molecule has 0 saturated carbocycles. The number of hydrogen-bond donors (Lipinski definition) is 2. The first kappa shape index (κ1) is 28.8. The number of amidine groups is 1. The highest BCUT2D eigenvalue weighted by molar-refractivity contribution is 6.04. The molecule has 0 saturated heterocycles. The molecule has 2 N–H and O–H groups in total. The zero-order chi connectivity index (χ0) is 28.7. The molecule has 1 unspecified atom stereocenters. The first-order chi connectivity index (χ1) is 18.4. The van der Waals surface area contributed by atoms with Crippen molar-refractivity contribution >= 4 is 23.9 Å². The van der Waals surface area contributed by atoms with E-state index in [9.17, 15) is 19.2 Å². The number of aromatic nitrogens is 3. The summed E-state index contributed by atoms with van der Waals surface area (Å²) in [4.78, 5) is 47.8. The van der Waals surface area contributed by atoms with Crippen molar-refractivity contribution in [2.75, 3.05) is 0 Å². The van der Waals surface area contributed by atoms with Gasteiger partial charge in [-0.25, -0.2) is 14.2 Å². The van der Waals surface area contributed by atoms with Crippen molar-refractivity contribution in [2.45, 2.75) is 59.9 Å². The molecular formula is C27H31N5O7. The van der Waals surface area contributed by atoms with E-state index >= 15 is 0 Å². The second kappa shape index (κ2) is 12.7. The van der Waals surface area contributed by atoms with Crippen molar-refractivity contribution in [1.29, 1.82) is 5.41 Å². The number of amides is 1. The normalized spacial score (nSPS) is 11.5. The molecule has 0 aliphatic rings. The van der Waals surface area contributed by atoms with Crippen LogP contribution in [0.4, 0.5) is 4.79 Å². The molecule has 12 heteroatoms. The summed E-state index contributed by atoms with van der Waals surface area (Å²) >= 11 is 0. The molecule has 12 nitrogen and oxygen atoms in total. The molecular weight excluding hydrogens is 506 g/mol. The zero-order valence-electron chi connectivity index (χ0n) is 22.4. The fourth-order valence-electron chi connectivity index (χ4n) is 3.69. The van der Waals surface area contributed by atoms with E-state index in [-0.39, 0.29) is 30.0 Å². The standard InChI is InChI=1S/C27H31N5O7/c1-16(2)37-24(34)15-8-20-6-11-22(12-7-20)31-17(3)30-32(27(31)36)23-13-9-21(10-14-23)25(28)29-26(35)39-19(5)38-18(4)33/h6-7,9-14,16,19H,8,15H2,1-5H3,(H2,28,29,35). The SMILES string of the molecule is CC(=O)OC(C)OC(=O)NC(=N)c1ccc(-n2nc(C)n(-c3ccc(CCC(=O)OC(C)C)cc3)c2=O)cc1. The van der Waals surface area contributed by atoms with Crippen LogP contribution in [0.1, 0.15) is 51.1 Å². The van der Waals surface area contributed by atoms with E-state index in [0.717, 1.165) is 5.56 Å². The highest BCUT2D eigenvalue weighted by atomic mass is 16.7. The fourth-order valence-corrected chi connectivity index (χ4v) is 3.69. The van der Waals surface area contributed by atoms with Gasteiger partial charge in [-0.05, 0) is 69.2 Å². The summed E-state index contributed by atoms with van der Waals surface area (Å²) < 4.78 is 17.4. The smallest absolute Gasteiger partial charge is 0.415 e. The first-order valence-corrected chi connectivity index (χ1v) is 12.3. The lowest BCUT2D eigenvalue weighted by molar-refractivity contribution is -0.161. The number of aryl methyl sites for hydroxylation is 2. The van der Waals surface area contributed by atoms with Crippen molar-refractivity contribution in [1.82, 2.24) is 19.7 Å². The van der Waals surface area contributed by atoms with E-state index in [1.807, 2.05) is 12.1 Å². The number of alkyl carbamates (subject to hydrolysis) is 1. The Morgan fingerprint density at radius 2 is 1.56 bits per heavy atom. The molecule has 0 aliphatic carbocycles. The molecule has 0 aliphatic heterocycles.